The third-order valence-corrected chi connectivity index (χ3v) is 5.82. The second-order valence-corrected chi connectivity index (χ2v) is 8.00. The molecule has 0 aromatic heterocycles. The van der Waals surface area contributed by atoms with Gasteiger partial charge < -0.3 is 19.7 Å². The predicted molar refractivity (Wildman–Crippen MR) is 122 cm³/mol. The number of rotatable bonds is 13. The molecule has 0 saturated heterocycles. The van der Waals surface area contributed by atoms with Gasteiger partial charge in [-0.15, -0.1) is 11.8 Å². The molecule has 6 heteroatoms. The Morgan fingerprint density at radius 1 is 1.20 bits per heavy atom. The molecule has 0 fully saturated rings. The minimum atomic E-state index is -0.761. The van der Waals surface area contributed by atoms with Crippen molar-refractivity contribution in [2.45, 2.75) is 43.8 Å². The Kier molecular flexibility index (Phi) is 10.4. The first-order valence-corrected chi connectivity index (χ1v) is 11.5. The highest BCUT2D eigenvalue weighted by Gasteiger charge is 2.42. The normalized spacial score (nSPS) is 21.4. The summed E-state index contributed by atoms with van der Waals surface area (Å²) >= 11 is 1.42. The van der Waals surface area contributed by atoms with E-state index < -0.39 is 11.7 Å². The molecule has 2 atom stereocenters. The lowest BCUT2D eigenvalue weighted by Gasteiger charge is -2.27. The number of hydrogen-bond donors (Lipinski definition) is 2. The number of para-hydroxylation sites is 1. The van der Waals surface area contributed by atoms with Gasteiger partial charge >= 0.3 is 0 Å². The van der Waals surface area contributed by atoms with Crippen LogP contribution in [0, 0.1) is 0 Å². The number of benzene rings is 1. The summed E-state index contributed by atoms with van der Waals surface area (Å²) in [6.07, 6.45) is 11.6. The van der Waals surface area contributed by atoms with E-state index in [4.69, 9.17) is 14.6 Å². The van der Waals surface area contributed by atoms with Crippen molar-refractivity contribution in [1.29, 1.82) is 0 Å². The molecule has 0 radical (unpaired) electrons. The second kappa shape index (κ2) is 12.7. The molecule has 2 N–H and O–H groups in total. The smallest absolute Gasteiger partial charge is 0.198 e. The predicted octanol–water partition coefficient (Wildman–Crippen LogP) is 4.07. The van der Waals surface area contributed by atoms with Crippen LogP contribution in [-0.2, 0) is 9.53 Å². The zero-order valence-corrected chi connectivity index (χ0v) is 18.6. The van der Waals surface area contributed by atoms with Crippen molar-refractivity contribution in [3.05, 3.63) is 65.1 Å². The third-order valence-electron chi connectivity index (χ3n) is 5.08. The minimum absolute atomic E-state index is 0.0283. The summed E-state index contributed by atoms with van der Waals surface area (Å²) in [7, 11) is 1.63. The fraction of sp³-hybridized carbons (Fsp3) is 0.458. The average molecular weight is 433 g/mol. The van der Waals surface area contributed by atoms with E-state index in [0.717, 1.165) is 18.6 Å². The minimum Gasteiger partial charge on any atom is -0.494 e. The summed E-state index contributed by atoms with van der Waals surface area (Å²) in [6.45, 7) is 0.652. The molecule has 0 aliphatic heterocycles. The van der Waals surface area contributed by atoms with Crippen molar-refractivity contribution in [3.8, 4) is 5.75 Å². The van der Waals surface area contributed by atoms with Crippen LogP contribution < -0.4 is 4.74 Å². The second-order valence-electron chi connectivity index (χ2n) is 7.15. The van der Waals surface area contributed by atoms with Crippen LogP contribution in [0.5, 0.6) is 5.75 Å². The maximum atomic E-state index is 12.8. The van der Waals surface area contributed by atoms with E-state index in [0.29, 0.717) is 36.3 Å². The number of aliphatic hydroxyl groups excluding tert-OH is 2. The van der Waals surface area contributed by atoms with Crippen molar-refractivity contribution in [2.24, 2.45) is 0 Å². The molecule has 0 saturated carbocycles. The zero-order chi connectivity index (χ0) is 21.8. The van der Waals surface area contributed by atoms with Gasteiger partial charge in [0.15, 0.2) is 5.78 Å². The van der Waals surface area contributed by atoms with Gasteiger partial charge in [-0.05, 0) is 56.6 Å². The van der Waals surface area contributed by atoms with Gasteiger partial charge in [0, 0.05) is 19.3 Å². The van der Waals surface area contributed by atoms with Crippen LogP contribution in [0.25, 0.3) is 0 Å². The number of carbonyl (C=O) groups excluding carboxylic acids is 1. The van der Waals surface area contributed by atoms with E-state index in [1.165, 1.54) is 11.8 Å². The van der Waals surface area contributed by atoms with Gasteiger partial charge in [-0.3, -0.25) is 4.79 Å². The van der Waals surface area contributed by atoms with Crippen molar-refractivity contribution < 1.29 is 24.5 Å². The lowest BCUT2D eigenvalue weighted by Crippen LogP contribution is -2.31. The van der Waals surface area contributed by atoms with Crippen LogP contribution in [0.3, 0.4) is 0 Å². The van der Waals surface area contributed by atoms with Crippen molar-refractivity contribution in [3.63, 3.8) is 0 Å². The molecule has 164 valence electrons. The Morgan fingerprint density at radius 2 is 1.97 bits per heavy atom. The van der Waals surface area contributed by atoms with Crippen LogP contribution in [0.4, 0.5) is 0 Å². The van der Waals surface area contributed by atoms with Gasteiger partial charge in [0.2, 0.25) is 0 Å². The highest BCUT2D eigenvalue weighted by atomic mass is 32.2. The maximum Gasteiger partial charge on any atom is 0.198 e. The molecule has 5 nitrogen and oxygen atoms in total. The van der Waals surface area contributed by atoms with Gasteiger partial charge in [0.25, 0.3) is 0 Å². The lowest BCUT2D eigenvalue weighted by atomic mass is 9.90. The van der Waals surface area contributed by atoms with E-state index in [1.807, 2.05) is 42.7 Å². The maximum absolute atomic E-state index is 12.8. The molecule has 2 rings (SSSR count). The van der Waals surface area contributed by atoms with Crippen LogP contribution in [0.15, 0.2) is 65.1 Å². The van der Waals surface area contributed by atoms with Gasteiger partial charge in [-0.25, -0.2) is 0 Å². The first-order valence-electron chi connectivity index (χ1n) is 10.3. The summed E-state index contributed by atoms with van der Waals surface area (Å²) in [5.41, 5.74) is -0.174. The summed E-state index contributed by atoms with van der Waals surface area (Å²) in [4.78, 5) is 13.5. The van der Waals surface area contributed by atoms with Crippen LogP contribution in [-0.4, -0.2) is 54.3 Å². The Balaban J connectivity index is 2.01. The number of unbranched alkanes of at least 4 members (excludes halogenated alkanes) is 1. The third kappa shape index (κ3) is 6.84. The number of allylic oxidation sites excluding steroid dienone is 3. The Labute approximate surface area is 183 Å². The molecule has 0 amide bonds. The van der Waals surface area contributed by atoms with Crippen LogP contribution in [0.2, 0.25) is 0 Å². The largest absolute Gasteiger partial charge is 0.494 e. The molecule has 1 aromatic rings. The van der Waals surface area contributed by atoms with Crippen molar-refractivity contribution >= 4 is 17.5 Å². The number of aliphatic hydroxyl groups is 2. The SMILES string of the molecule is COC1(CCCCOc2ccccc2)C=C(SC)C(=O)/C1=C\C=C\C(O)CCCO. The number of methoxy groups -OCH3 is 1. The molecular weight excluding hydrogens is 400 g/mol. The lowest BCUT2D eigenvalue weighted by molar-refractivity contribution is -0.112. The number of Topliss-reactive ketones (excluding diaryl/α,β-unsaturated/α-hetero) is 1. The fourth-order valence-corrected chi connectivity index (χ4v) is 4.00. The molecule has 1 aliphatic carbocycles. The van der Waals surface area contributed by atoms with Crippen LogP contribution >= 0.6 is 11.8 Å². The van der Waals surface area contributed by atoms with Gasteiger partial charge in [-0.1, -0.05) is 36.4 Å². The summed E-state index contributed by atoms with van der Waals surface area (Å²) in [5, 5.41) is 18.8. The van der Waals surface area contributed by atoms with Crippen LogP contribution in [0.1, 0.15) is 32.1 Å². The molecule has 1 aliphatic rings. The summed E-state index contributed by atoms with van der Waals surface area (Å²) in [5.74, 6) is 0.824. The van der Waals surface area contributed by atoms with E-state index in [1.54, 1.807) is 25.3 Å². The molecule has 30 heavy (non-hydrogen) atoms. The number of hydrogen-bond acceptors (Lipinski definition) is 6. The van der Waals surface area contributed by atoms with E-state index >= 15 is 0 Å². The highest BCUT2D eigenvalue weighted by Crippen LogP contribution is 2.41. The summed E-state index contributed by atoms with van der Waals surface area (Å²) < 4.78 is 11.6. The monoisotopic (exact) mass is 432 g/mol. The summed E-state index contributed by atoms with van der Waals surface area (Å²) in [6, 6.07) is 9.71. The van der Waals surface area contributed by atoms with E-state index in [-0.39, 0.29) is 12.4 Å². The Morgan fingerprint density at radius 3 is 2.63 bits per heavy atom. The average Bonchev–Trinajstić information content (AvgIpc) is 3.04. The number of ketones is 1. The number of thioether (sulfide) groups is 1. The van der Waals surface area contributed by atoms with Gasteiger partial charge in [0.05, 0.1) is 17.6 Å². The first-order chi connectivity index (χ1) is 14.6. The highest BCUT2D eigenvalue weighted by molar-refractivity contribution is 8.03. The molecular formula is C24H32O5S. The van der Waals surface area contributed by atoms with Crippen molar-refractivity contribution in [1.82, 2.24) is 0 Å². The van der Waals surface area contributed by atoms with Gasteiger partial charge in [-0.2, -0.15) is 0 Å². The topological polar surface area (TPSA) is 76.0 Å². The number of carbonyl (C=O) groups is 1. The Hall–Kier alpha value is -1.86. The molecule has 0 heterocycles. The van der Waals surface area contributed by atoms with Gasteiger partial charge in [0.1, 0.15) is 11.4 Å². The molecule has 2 unspecified atom stereocenters. The standard InChI is InChI=1S/C24H32O5S/c1-28-24(15-6-7-17-29-20-12-4-3-5-13-20)18-22(30-2)23(27)21(24)14-8-10-19(26)11-9-16-25/h3-5,8,10,12-14,18-19,25-26H,6-7,9,11,15-17H2,1-2H3/b10-8+,21-14+. The first kappa shape index (κ1) is 24.4. The molecule has 0 bridgehead atoms. The Bertz CT molecular complexity index is 756. The van der Waals surface area contributed by atoms with Crippen molar-refractivity contribution in [2.75, 3.05) is 26.6 Å². The molecule has 0 spiro atoms. The van der Waals surface area contributed by atoms with E-state index in [9.17, 15) is 9.90 Å². The number of ether oxygens (including phenoxy) is 2. The quantitative estimate of drug-likeness (QED) is 0.362. The molecule has 1 aromatic carbocycles. The van der Waals surface area contributed by atoms with E-state index in [2.05, 4.69) is 0 Å². The fourth-order valence-electron chi connectivity index (χ4n) is 3.40. The zero-order valence-electron chi connectivity index (χ0n) is 17.8.